The molecule has 0 unspecified atom stereocenters. The zero-order valence-corrected chi connectivity index (χ0v) is 20.3. The number of carbonyl (C=O) groups excluding carboxylic acids is 2. The van der Waals surface area contributed by atoms with Crippen LogP contribution in [0, 0.1) is 0 Å². The van der Waals surface area contributed by atoms with Gasteiger partial charge in [0.1, 0.15) is 11.4 Å². The molecule has 1 heterocycles. The number of hydrogen-bond acceptors (Lipinski definition) is 5. The van der Waals surface area contributed by atoms with Crippen LogP contribution in [-0.4, -0.2) is 33.0 Å². The molecular formula is C27H20BrN3O5. The lowest BCUT2D eigenvalue weighted by molar-refractivity contribution is -0.132. The first-order chi connectivity index (χ1) is 17.3. The molecule has 0 aliphatic rings. The van der Waals surface area contributed by atoms with Crippen LogP contribution >= 0.6 is 15.9 Å². The van der Waals surface area contributed by atoms with Gasteiger partial charge in [-0.1, -0.05) is 36.4 Å². The molecule has 8 nitrogen and oxygen atoms in total. The van der Waals surface area contributed by atoms with E-state index in [1.807, 2.05) is 30.3 Å². The lowest BCUT2D eigenvalue weighted by Gasteiger charge is -2.10. The predicted octanol–water partition coefficient (Wildman–Crippen LogP) is 4.49. The van der Waals surface area contributed by atoms with Crippen molar-refractivity contribution in [2.24, 2.45) is 0 Å². The van der Waals surface area contributed by atoms with E-state index in [2.05, 4.69) is 31.5 Å². The number of pyridine rings is 1. The van der Waals surface area contributed by atoms with Crippen LogP contribution in [0.25, 0.3) is 17.0 Å². The summed E-state index contributed by atoms with van der Waals surface area (Å²) in [4.78, 5) is 41.5. The number of aromatic hydroxyl groups is 1. The number of carboxylic acids is 1. The van der Waals surface area contributed by atoms with E-state index in [-0.39, 0.29) is 29.5 Å². The minimum absolute atomic E-state index is 0.103. The Morgan fingerprint density at radius 1 is 0.917 bits per heavy atom. The van der Waals surface area contributed by atoms with E-state index in [1.54, 1.807) is 24.3 Å². The maximum absolute atomic E-state index is 12.8. The van der Waals surface area contributed by atoms with Crippen LogP contribution in [0.2, 0.25) is 0 Å². The fourth-order valence-corrected chi connectivity index (χ4v) is 4.00. The molecule has 0 saturated heterocycles. The van der Waals surface area contributed by atoms with Crippen molar-refractivity contribution in [3.8, 4) is 5.75 Å². The SMILES string of the molecule is O=C(O)/C(=C/c1ccc2ccccc2n1)NC(=O)c1ccc(C(=O)NCc2cccc(O)c2)cc1Br. The molecule has 0 atom stereocenters. The quantitative estimate of drug-likeness (QED) is 0.253. The Hall–Kier alpha value is -4.50. The minimum Gasteiger partial charge on any atom is -0.508 e. The number of benzene rings is 3. The van der Waals surface area contributed by atoms with Crippen LogP contribution in [0.3, 0.4) is 0 Å². The van der Waals surface area contributed by atoms with Crippen LogP contribution in [0.1, 0.15) is 32.0 Å². The van der Waals surface area contributed by atoms with Crippen molar-refractivity contribution in [1.82, 2.24) is 15.6 Å². The van der Waals surface area contributed by atoms with Crippen molar-refractivity contribution in [2.75, 3.05) is 0 Å². The third-order valence-electron chi connectivity index (χ3n) is 5.23. The molecule has 3 aromatic carbocycles. The van der Waals surface area contributed by atoms with Crippen molar-refractivity contribution < 1.29 is 24.6 Å². The monoisotopic (exact) mass is 545 g/mol. The van der Waals surface area contributed by atoms with E-state index >= 15 is 0 Å². The highest BCUT2D eigenvalue weighted by molar-refractivity contribution is 9.10. The van der Waals surface area contributed by atoms with Gasteiger partial charge in [0.25, 0.3) is 11.8 Å². The molecule has 180 valence electrons. The van der Waals surface area contributed by atoms with Gasteiger partial charge >= 0.3 is 5.97 Å². The third kappa shape index (κ3) is 5.94. The molecule has 0 saturated carbocycles. The molecule has 4 aromatic rings. The second-order valence-corrected chi connectivity index (χ2v) is 8.65. The van der Waals surface area contributed by atoms with Gasteiger partial charge in [-0.05, 0) is 70.0 Å². The smallest absolute Gasteiger partial charge is 0.352 e. The largest absolute Gasteiger partial charge is 0.508 e. The molecule has 4 rings (SSSR count). The summed E-state index contributed by atoms with van der Waals surface area (Å²) in [5, 5.41) is 25.2. The van der Waals surface area contributed by atoms with E-state index < -0.39 is 11.9 Å². The fraction of sp³-hybridized carbons (Fsp3) is 0.0370. The summed E-state index contributed by atoms with van der Waals surface area (Å²) in [5.41, 5.74) is 1.91. The molecule has 0 bridgehead atoms. The number of rotatable bonds is 7. The molecule has 0 fully saturated rings. The Bertz CT molecular complexity index is 1520. The number of fused-ring (bicyclic) bond motifs is 1. The van der Waals surface area contributed by atoms with Gasteiger partial charge in [0.15, 0.2) is 0 Å². The zero-order chi connectivity index (χ0) is 25.7. The Morgan fingerprint density at radius 3 is 2.47 bits per heavy atom. The van der Waals surface area contributed by atoms with Gasteiger partial charge in [-0.15, -0.1) is 0 Å². The first kappa shape index (κ1) is 24.6. The fourth-order valence-electron chi connectivity index (χ4n) is 3.44. The molecule has 0 radical (unpaired) electrons. The van der Waals surface area contributed by atoms with Gasteiger partial charge in [0, 0.05) is 22.0 Å². The van der Waals surface area contributed by atoms with E-state index in [0.29, 0.717) is 21.2 Å². The number of carbonyl (C=O) groups is 3. The number of phenols is 1. The number of carboxylic acid groups (broad SMARTS) is 1. The number of aliphatic carboxylic acids is 1. The number of nitrogens with one attached hydrogen (secondary N) is 2. The summed E-state index contributed by atoms with van der Waals surface area (Å²) < 4.78 is 0.318. The molecule has 0 aliphatic carbocycles. The number of nitrogens with zero attached hydrogens (tertiary/aromatic N) is 1. The number of aromatic nitrogens is 1. The first-order valence-corrected chi connectivity index (χ1v) is 11.6. The van der Waals surface area contributed by atoms with Crippen LogP contribution in [-0.2, 0) is 11.3 Å². The molecule has 0 spiro atoms. The van der Waals surface area contributed by atoms with Gasteiger partial charge in [0.05, 0.1) is 16.8 Å². The molecule has 0 aliphatic heterocycles. The standard InChI is InChI=1S/C27H20BrN3O5/c28-22-13-18(25(33)29-15-16-4-3-6-20(32)12-16)9-11-21(22)26(34)31-24(27(35)36)14-19-10-8-17-5-1-2-7-23(17)30-19/h1-14,32H,15H2,(H,29,33)(H,31,34)(H,35,36)/b24-14-. The maximum atomic E-state index is 12.8. The highest BCUT2D eigenvalue weighted by Gasteiger charge is 2.18. The predicted molar refractivity (Wildman–Crippen MR) is 138 cm³/mol. The summed E-state index contributed by atoms with van der Waals surface area (Å²) in [6.07, 6.45) is 1.28. The zero-order valence-electron chi connectivity index (χ0n) is 18.7. The van der Waals surface area contributed by atoms with Crippen molar-refractivity contribution in [3.63, 3.8) is 0 Å². The van der Waals surface area contributed by atoms with E-state index in [9.17, 15) is 24.6 Å². The number of hydrogen-bond donors (Lipinski definition) is 4. The Kier molecular flexibility index (Phi) is 7.41. The van der Waals surface area contributed by atoms with Gasteiger partial charge in [0.2, 0.25) is 0 Å². The Morgan fingerprint density at radius 2 is 1.72 bits per heavy atom. The van der Waals surface area contributed by atoms with Crippen LogP contribution in [0.4, 0.5) is 0 Å². The van der Waals surface area contributed by atoms with Gasteiger partial charge < -0.3 is 20.8 Å². The number of amides is 2. The summed E-state index contributed by atoms with van der Waals surface area (Å²) in [7, 11) is 0. The average Bonchev–Trinajstić information content (AvgIpc) is 2.86. The Balaban J connectivity index is 1.48. The summed E-state index contributed by atoms with van der Waals surface area (Å²) in [5.74, 6) is -2.26. The Labute approximate surface area is 214 Å². The third-order valence-corrected chi connectivity index (χ3v) is 5.89. The molecule has 9 heteroatoms. The summed E-state index contributed by atoms with van der Waals surface area (Å²) in [6, 6.07) is 21.8. The molecule has 1 aromatic heterocycles. The van der Waals surface area contributed by atoms with E-state index in [0.717, 1.165) is 10.9 Å². The normalized spacial score (nSPS) is 11.2. The van der Waals surface area contributed by atoms with Crippen molar-refractivity contribution in [3.05, 3.63) is 111 Å². The van der Waals surface area contributed by atoms with Gasteiger partial charge in [-0.25, -0.2) is 9.78 Å². The number of halogens is 1. The summed E-state index contributed by atoms with van der Waals surface area (Å²) >= 11 is 3.29. The first-order valence-electron chi connectivity index (χ1n) is 10.8. The van der Waals surface area contributed by atoms with Crippen molar-refractivity contribution >= 4 is 50.7 Å². The second-order valence-electron chi connectivity index (χ2n) is 7.79. The van der Waals surface area contributed by atoms with E-state index in [1.165, 1.54) is 30.3 Å². The number of phenolic OH excluding ortho intramolecular Hbond substituents is 1. The minimum atomic E-state index is -1.32. The average molecular weight is 546 g/mol. The molecule has 4 N–H and O–H groups in total. The van der Waals surface area contributed by atoms with Crippen molar-refractivity contribution in [1.29, 1.82) is 0 Å². The van der Waals surface area contributed by atoms with Crippen LogP contribution < -0.4 is 10.6 Å². The van der Waals surface area contributed by atoms with Crippen LogP contribution in [0.15, 0.2) is 89.0 Å². The highest BCUT2D eigenvalue weighted by Crippen LogP contribution is 2.20. The molecule has 36 heavy (non-hydrogen) atoms. The highest BCUT2D eigenvalue weighted by atomic mass is 79.9. The van der Waals surface area contributed by atoms with Crippen LogP contribution in [0.5, 0.6) is 5.75 Å². The summed E-state index contributed by atoms with van der Waals surface area (Å²) in [6.45, 7) is 0.211. The maximum Gasteiger partial charge on any atom is 0.352 e. The second kappa shape index (κ2) is 10.8. The lowest BCUT2D eigenvalue weighted by Crippen LogP contribution is -2.28. The van der Waals surface area contributed by atoms with Gasteiger partial charge in [-0.2, -0.15) is 0 Å². The van der Waals surface area contributed by atoms with E-state index in [4.69, 9.17) is 0 Å². The number of para-hydroxylation sites is 1. The lowest BCUT2D eigenvalue weighted by atomic mass is 10.1. The van der Waals surface area contributed by atoms with Gasteiger partial charge in [-0.3, -0.25) is 9.59 Å². The molecular weight excluding hydrogens is 526 g/mol. The topological polar surface area (TPSA) is 129 Å². The van der Waals surface area contributed by atoms with Crippen molar-refractivity contribution in [2.45, 2.75) is 6.54 Å². The molecule has 2 amide bonds.